The van der Waals surface area contributed by atoms with Gasteiger partial charge in [0.1, 0.15) is 24.9 Å². The summed E-state index contributed by atoms with van der Waals surface area (Å²) in [6.07, 6.45) is 10.5. The van der Waals surface area contributed by atoms with Crippen molar-refractivity contribution in [2.75, 3.05) is 119 Å². The molecule has 4 aromatic heterocycles. The van der Waals surface area contributed by atoms with Gasteiger partial charge < -0.3 is 82.6 Å². The number of hydrogen-bond donors (Lipinski definition) is 6. The SMILES string of the molecule is COC(=O)C1=C(N)CCOC1.COC(=O)C1=C(NC(=S)NC(=O)c2ccccc2)CCOC1.COC(=O)C1COCCC1=O.CS(=O)(=O)c1nc2c(c(OCc3ccccc3)n1)COCC2.CSc1nc2c(c(=O)[nH]1)COCC2.CSc1nc2c(c(OCc3ccccc3)n1)COCC2.O=C1CCOCC1.O=c1[nH]c(=S)[nH]c2c1COCC2. The molecule has 118 heavy (non-hydrogen) atoms. The molecule has 8 aliphatic heterocycles. The maximum atomic E-state index is 12.0. The van der Waals surface area contributed by atoms with E-state index in [1.165, 1.54) is 44.9 Å². The van der Waals surface area contributed by atoms with E-state index in [1.54, 1.807) is 24.3 Å². The fourth-order valence-electron chi connectivity index (χ4n) is 11.4. The Labute approximate surface area is 699 Å². The molecule has 1 unspecified atom stereocenters. The predicted octanol–water partition coefficient (Wildman–Crippen LogP) is 6.51. The Morgan fingerprint density at radius 1 is 0.534 bits per heavy atom. The molecule has 7 aromatic rings. The lowest BCUT2D eigenvalue weighted by Gasteiger charge is -2.21. The first-order chi connectivity index (χ1) is 57.0. The van der Waals surface area contributed by atoms with Crippen LogP contribution in [0.4, 0.5) is 0 Å². The third-order valence-corrected chi connectivity index (χ3v) is 20.1. The zero-order valence-corrected chi connectivity index (χ0v) is 70.2. The topological polar surface area (TPSA) is 453 Å². The molecule has 2 saturated heterocycles. The van der Waals surface area contributed by atoms with Crippen molar-refractivity contribution in [3.8, 4) is 11.8 Å². The molecular formula is C79H95N11O23S5. The molecule has 1 amide bonds. The van der Waals surface area contributed by atoms with Crippen LogP contribution in [0.1, 0.15) is 98.6 Å². The molecule has 1 atom stereocenters. The molecule has 34 nitrogen and oxygen atoms in total. The van der Waals surface area contributed by atoms with Crippen molar-refractivity contribution < 1.29 is 98.8 Å². The van der Waals surface area contributed by atoms with Gasteiger partial charge in [-0.25, -0.2) is 33.0 Å². The van der Waals surface area contributed by atoms with Crippen molar-refractivity contribution in [3.05, 3.63) is 201 Å². The van der Waals surface area contributed by atoms with Gasteiger partial charge in [-0.05, 0) is 60.2 Å². The van der Waals surface area contributed by atoms with Crippen LogP contribution in [0.2, 0.25) is 0 Å². The molecule has 0 spiro atoms. The van der Waals surface area contributed by atoms with E-state index >= 15 is 0 Å². The van der Waals surface area contributed by atoms with Gasteiger partial charge in [-0.3, -0.25) is 39.1 Å². The minimum Gasteiger partial charge on any atom is -0.472 e. The summed E-state index contributed by atoms with van der Waals surface area (Å²) < 4.78 is 90.5. The van der Waals surface area contributed by atoms with E-state index in [1.807, 2.05) is 79.2 Å². The molecule has 8 aliphatic rings. The highest BCUT2D eigenvalue weighted by Gasteiger charge is 2.31. The van der Waals surface area contributed by atoms with E-state index in [0.717, 1.165) is 76.6 Å². The molecule has 634 valence electrons. The van der Waals surface area contributed by atoms with Crippen LogP contribution < -0.4 is 37.0 Å². The van der Waals surface area contributed by atoms with Gasteiger partial charge in [0, 0.05) is 86.7 Å². The van der Waals surface area contributed by atoms with Crippen molar-refractivity contribution in [3.63, 3.8) is 0 Å². The fourth-order valence-corrected chi connectivity index (χ4v) is 13.1. The summed E-state index contributed by atoms with van der Waals surface area (Å²) in [5.41, 5.74) is 16.6. The first-order valence-corrected chi connectivity index (χ1v) is 42.3. The van der Waals surface area contributed by atoms with E-state index in [2.05, 4.69) is 60.0 Å². The van der Waals surface area contributed by atoms with Crippen LogP contribution in [0.25, 0.3) is 0 Å². The zero-order chi connectivity index (χ0) is 84.8. The molecule has 39 heteroatoms. The smallest absolute Gasteiger partial charge is 0.337 e. The number of hydrogen-bond acceptors (Lipinski definition) is 33. The number of methoxy groups -OCH3 is 3. The van der Waals surface area contributed by atoms with Gasteiger partial charge in [-0.15, -0.1) is 0 Å². The monoisotopic (exact) mass is 1730 g/mol. The first-order valence-electron chi connectivity index (χ1n) is 37.2. The second kappa shape index (κ2) is 49.5. The number of nitrogens with two attached hydrogens (primary N) is 1. The highest BCUT2D eigenvalue weighted by molar-refractivity contribution is 7.98. The number of sulfone groups is 1. The van der Waals surface area contributed by atoms with Gasteiger partial charge in [0.2, 0.25) is 26.8 Å². The number of fused-ring (bicyclic) bond motifs is 4. The third-order valence-electron chi connectivity index (χ3n) is 17.7. The Morgan fingerprint density at radius 3 is 1.57 bits per heavy atom. The molecule has 0 aliphatic carbocycles. The van der Waals surface area contributed by atoms with Crippen LogP contribution in [0.15, 0.2) is 139 Å². The van der Waals surface area contributed by atoms with E-state index in [0.29, 0.717) is 198 Å². The highest BCUT2D eigenvalue weighted by atomic mass is 32.2. The van der Waals surface area contributed by atoms with Gasteiger partial charge in [-0.2, -0.15) is 9.97 Å². The number of ether oxygens (including phenoxy) is 13. The van der Waals surface area contributed by atoms with Gasteiger partial charge in [0.05, 0.1) is 178 Å². The number of H-pyrrole nitrogens is 3. The van der Waals surface area contributed by atoms with Gasteiger partial charge in [0.25, 0.3) is 17.0 Å². The Balaban J connectivity index is 0.000000172. The van der Waals surface area contributed by atoms with Crippen LogP contribution in [0, 0.1) is 10.7 Å². The fraction of sp³-hybridized carbons (Fsp3) is 0.430. The maximum absolute atomic E-state index is 12.0. The third kappa shape index (κ3) is 30.2. The highest BCUT2D eigenvalue weighted by Crippen LogP contribution is 2.29. The summed E-state index contributed by atoms with van der Waals surface area (Å²) in [7, 11) is 0.416. The molecule has 0 bridgehead atoms. The van der Waals surface area contributed by atoms with Crippen molar-refractivity contribution in [1.29, 1.82) is 0 Å². The number of aromatic amines is 3. The van der Waals surface area contributed by atoms with Crippen LogP contribution in [0.5, 0.6) is 11.8 Å². The van der Waals surface area contributed by atoms with Crippen molar-refractivity contribution in [1.82, 2.24) is 50.5 Å². The number of thioether (sulfide) groups is 2. The second-order valence-corrected chi connectivity index (χ2v) is 30.2. The summed E-state index contributed by atoms with van der Waals surface area (Å²) in [6, 6.07) is 28.4. The summed E-state index contributed by atoms with van der Waals surface area (Å²) in [6.45, 7) is 8.40. The van der Waals surface area contributed by atoms with Crippen molar-refractivity contribution in [2.24, 2.45) is 11.7 Å². The lowest BCUT2D eigenvalue weighted by Crippen LogP contribution is -2.40. The van der Waals surface area contributed by atoms with E-state index in [-0.39, 0.29) is 64.7 Å². The average molecular weight is 1730 g/mol. The maximum Gasteiger partial charge on any atom is 0.337 e. The Kier molecular flexibility index (Phi) is 39.3. The molecule has 12 heterocycles. The van der Waals surface area contributed by atoms with Crippen LogP contribution in [-0.4, -0.2) is 208 Å². The lowest BCUT2D eigenvalue weighted by molar-refractivity contribution is -0.155. The number of ketones is 2. The average Bonchev–Trinajstić information content (AvgIpc) is 0.799. The molecule has 0 saturated carbocycles. The number of rotatable bonds is 14. The first kappa shape index (κ1) is 93.6. The van der Waals surface area contributed by atoms with Gasteiger partial charge in [-0.1, -0.05) is 102 Å². The number of thiocarbonyl (C=S) groups is 1. The number of aromatic nitrogens is 8. The summed E-state index contributed by atoms with van der Waals surface area (Å²) in [5.74, 6) is -1.15. The van der Waals surface area contributed by atoms with Crippen molar-refractivity contribution >= 4 is 98.3 Å². The van der Waals surface area contributed by atoms with Crippen LogP contribution in [0.3, 0.4) is 0 Å². The Morgan fingerprint density at radius 2 is 1.03 bits per heavy atom. The van der Waals surface area contributed by atoms with Gasteiger partial charge in [0.15, 0.2) is 26.0 Å². The summed E-state index contributed by atoms with van der Waals surface area (Å²) in [4.78, 5) is 119. The van der Waals surface area contributed by atoms with E-state index in [9.17, 15) is 46.8 Å². The largest absolute Gasteiger partial charge is 0.472 e. The quantitative estimate of drug-likeness (QED) is 0.0169. The van der Waals surface area contributed by atoms with Crippen LogP contribution in [-0.2, 0) is 151 Å². The molecule has 15 rings (SSSR count). The Bertz CT molecular complexity index is 4930. The molecular weight excluding hydrogens is 1630 g/mol. The number of esters is 3. The number of carbonyl (C=O) groups is 6. The number of Topliss-reactive ketones (excluding diaryl/α,β-unsaturated/α-hetero) is 2. The zero-order valence-electron chi connectivity index (χ0n) is 66.1. The van der Waals surface area contributed by atoms with Crippen LogP contribution >= 0.6 is 48.0 Å². The summed E-state index contributed by atoms with van der Waals surface area (Å²) >= 11 is 12.9. The number of nitrogens with zero attached hydrogens (tertiary/aromatic N) is 5. The number of amides is 1. The normalized spacial score (nSPS) is 16.3. The van der Waals surface area contributed by atoms with Gasteiger partial charge >= 0.3 is 17.9 Å². The molecule has 0 radical (unpaired) electrons. The molecule has 2 fully saturated rings. The minimum atomic E-state index is -3.48. The molecule has 7 N–H and O–H groups in total. The standard InChI is InChI=1S/2C15H16N2O4S.C15H16N2O2S.C8H10N2O2S.C7H8N2O2S.C7H11NO3.C7H10O4.C5H8O2/c1-22(18,19)15-16-13-7-8-20-10-12(13)14(17-15)21-9-11-5-3-2-4-6-11;1-20-14(19)11-9-21-8-7-12(11)16-15(22)17-13(18)10-5-3-2-4-6-10;1-20-15-16-13-7-8-18-10-12(13)14(17-15)19-9-11-5-3-2-4-6-11;1-13-8-9-6-2-3-12-4-5(6)7(11)10-8;10-6-4-3-11-2-1-5(4)8-7(12)9-6;2*1-10-7(9)5-4-11-3-2-6(5)8;6-5-1-3-7-4-2-5/h2-6H,7-10H2,1H3;2-6H,7-9H2,1H3,(H2,16,17,18,22);2-6H,7-10H2,1H3;2-4H2,1H3,(H,9,10,11);1-3H2,(H2,8,9,10,12);2-4,8H2,1H3;5H,2-4H2,1H3;1-4H2. The van der Waals surface area contributed by atoms with Crippen molar-refractivity contribution in [2.45, 2.75) is 113 Å². The van der Waals surface area contributed by atoms with E-state index < -0.39 is 27.7 Å². The minimum absolute atomic E-state index is 0.0611. The summed E-state index contributed by atoms with van der Waals surface area (Å²) in [5, 5.41) is 6.84. The number of carbonyl (C=O) groups excluding carboxylic acids is 6. The number of benzene rings is 3. The number of nitrogens with one attached hydrogen (secondary N) is 5. The van der Waals surface area contributed by atoms with E-state index in [4.69, 9.17) is 82.3 Å². The lowest BCUT2D eigenvalue weighted by atomic mass is 10.0. The Hall–Kier alpha value is -9.88. The second-order valence-electron chi connectivity index (χ2n) is 25.9. The molecule has 3 aromatic carbocycles. The predicted molar refractivity (Wildman–Crippen MR) is 437 cm³/mol.